The number of nitrogens with one attached hydrogen (secondary N) is 1. The van der Waals surface area contributed by atoms with E-state index in [1.54, 1.807) is 0 Å². The Morgan fingerprint density at radius 3 is 3.04 bits per heavy atom. The van der Waals surface area contributed by atoms with Gasteiger partial charge in [-0.2, -0.15) is 0 Å². The van der Waals surface area contributed by atoms with Gasteiger partial charge in [-0.1, -0.05) is 5.16 Å². The van der Waals surface area contributed by atoms with Gasteiger partial charge in [-0.3, -0.25) is 9.69 Å². The van der Waals surface area contributed by atoms with Gasteiger partial charge in [0.25, 0.3) is 5.91 Å². The van der Waals surface area contributed by atoms with E-state index in [1.807, 2.05) is 42.9 Å². The minimum atomic E-state index is -0.0242. The maximum atomic E-state index is 12.3. The molecule has 1 amide bonds. The number of nitrogens with zero attached hydrogens (tertiary/aromatic N) is 3. The Bertz CT molecular complexity index is 753. The molecule has 0 saturated carbocycles. The Morgan fingerprint density at radius 1 is 1.44 bits per heavy atom. The Balaban J connectivity index is 1.31. The quantitative estimate of drug-likeness (QED) is 0.882. The van der Waals surface area contributed by atoms with E-state index in [0.29, 0.717) is 24.1 Å². The molecule has 7 heteroatoms. The van der Waals surface area contributed by atoms with Crippen molar-refractivity contribution in [1.29, 1.82) is 0 Å². The number of hydrogen-bond donors (Lipinski definition) is 1. The van der Waals surface area contributed by atoms with E-state index >= 15 is 0 Å². The third-order valence-electron chi connectivity index (χ3n) is 5.28. The monoisotopic (exact) mass is 344 g/mol. The topological polar surface area (TPSA) is 72.5 Å². The second-order valence-electron chi connectivity index (χ2n) is 7.13. The molecular formula is C18H24N4O3. The SMILES string of the molecule is Cc1cc(CN2C[C@@H]3[C@@H](CNC(=O)c4cccn4C)CO[C@@H]3C2)no1. The zero-order valence-corrected chi connectivity index (χ0v) is 14.6. The number of likely N-dealkylation sites (tertiary alicyclic amines) is 1. The lowest BCUT2D eigenvalue weighted by molar-refractivity contribution is 0.0897. The molecule has 25 heavy (non-hydrogen) atoms. The number of hydrogen-bond acceptors (Lipinski definition) is 5. The summed E-state index contributed by atoms with van der Waals surface area (Å²) in [5, 5.41) is 7.13. The van der Waals surface area contributed by atoms with Gasteiger partial charge in [-0.25, -0.2) is 0 Å². The van der Waals surface area contributed by atoms with Crippen LogP contribution in [0.2, 0.25) is 0 Å². The summed E-state index contributed by atoms with van der Waals surface area (Å²) in [6, 6.07) is 5.69. The minimum Gasteiger partial charge on any atom is -0.376 e. The predicted octanol–water partition coefficient (Wildman–Crippen LogP) is 1.20. The van der Waals surface area contributed by atoms with Gasteiger partial charge in [-0.05, 0) is 19.1 Å². The highest BCUT2D eigenvalue weighted by Crippen LogP contribution is 2.34. The summed E-state index contributed by atoms with van der Waals surface area (Å²) >= 11 is 0. The number of carbonyl (C=O) groups is 1. The molecule has 2 aliphatic rings. The standard InChI is InChI=1S/C18H24N4O3/c1-12-6-14(20-25-12)8-22-9-15-13(11-24-17(15)10-22)7-19-18(23)16-4-3-5-21(16)2/h3-6,13,15,17H,7-11H2,1-2H3,(H,19,23)/t13-,15+,17+/m0/s1. The van der Waals surface area contributed by atoms with Crippen LogP contribution in [-0.2, 0) is 18.3 Å². The van der Waals surface area contributed by atoms with Gasteiger partial charge in [0.2, 0.25) is 0 Å². The zero-order valence-electron chi connectivity index (χ0n) is 14.6. The number of aryl methyl sites for hydroxylation is 2. The first-order chi connectivity index (χ1) is 12.1. The van der Waals surface area contributed by atoms with Crippen molar-refractivity contribution in [2.75, 3.05) is 26.2 Å². The first-order valence-electron chi connectivity index (χ1n) is 8.76. The van der Waals surface area contributed by atoms with Crippen LogP contribution in [0.15, 0.2) is 28.9 Å². The van der Waals surface area contributed by atoms with Gasteiger partial charge in [-0.15, -0.1) is 0 Å². The van der Waals surface area contributed by atoms with E-state index in [4.69, 9.17) is 9.26 Å². The van der Waals surface area contributed by atoms with Crippen molar-refractivity contribution in [2.45, 2.75) is 19.6 Å². The average molecular weight is 344 g/mol. The van der Waals surface area contributed by atoms with E-state index in [2.05, 4.69) is 15.4 Å². The molecule has 0 radical (unpaired) electrons. The average Bonchev–Trinajstić information content (AvgIpc) is 3.32. The molecule has 2 fully saturated rings. The van der Waals surface area contributed by atoms with E-state index in [0.717, 1.165) is 37.7 Å². The summed E-state index contributed by atoms with van der Waals surface area (Å²) in [5.41, 5.74) is 1.65. The zero-order chi connectivity index (χ0) is 17.4. The molecule has 134 valence electrons. The molecule has 2 aromatic heterocycles. The van der Waals surface area contributed by atoms with E-state index < -0.39 is 0 Å². The van der Waals surface area contributed by atoms with Crippen LogP contribution in [0.3, 0.4) is 0 Å². The molecule has 7 nitrogen and oxygen atoms in total. The highest BCUT2D eigenvalue weighted by atomic mass is 16.5. The number of aromatic nitrogens is 2. The summed E-state index contributed by atoms with van der Waals surface area (Å²) in [7, 11) is 1.88. The molecule has 0 aromatic carbocycles. The fourth-order valence-corrected chi connectivity index (χ4v) is 3.95. The second-order valence-corrected chi connectivity index (χ2v) is 7.13. The van der Waals surface area contributed by atoms with Crippen LogP contribution in [0, 0.1) is 18.8 Å². The van der Waals surface area contributed by atoms with Crippen LogP contribution in [0.1, 0.15) is 21.9 Å². The third kappa shape index (κ3) is 3.34. The number of carbonyl (C=O) groups excluding carboxylic acids is 1. The van der Waals surface area contributed by atoms with Crippen LogP contribution < -0.4 is 5.32 Å². The van der Waals surface area contributed by atoms with Crippen molar-refractivity contribution >= 4 is 5.91 Å². The molecule has 1 N–H and O–H groups in total. The Kier molecular flexibility index (Phi) is 4.35. The third-order valence-corrected chi connectivity index (χ3v) is 5.28. The molecule has 2 aliphatic heterocycles. The fourth-order valence-electron chi connectivity index (χ4n) is 3.95. The number of ether oxygens (including phenoxy) is 1. The molecule has 4 heterocycles. The lowest BCUT2D eigenvalue weighted by atomic mass is 9.93. The van der Waals surface area contributed by atoms with Gasteiger partial charge < -0.3 is 19.1 Å². The second kappa shape index (κ2) is 6.65. The van der Waals surface area contributed by atoms with Crippen molar-refractivity contribution in [3.05, 3.63) is 41.5 Å². The van der Waals surface area contributed by atoms with E-state index in [1.165, 1.54) is 0 Å². The minimum absolute atomic E-state index is 0.0242. The smallest absolute Gasteiger partial charge is 0.267 e. The van der Waals surface area contributed by atoms with Gasteiger partial charge in [0.15, 0.2) is 0 Å². The first-order valence-corrected chi connectivity index (χ1v) is 8.76. The molecule has 0 bridgehead atoms. The number of amides is 1. The molecule has 3 atom stereocenters. The molecule has 4 rings (SSSR count). The highest BCUT2D eigenvalue weighted by molar-refractivity contribution is 5.92. The number of fused-ring (bicyclic) bond motifs is 1. The maximum absolute atomic E-state index is 12.3. The van der Waals surface area contributed by atoms with Gasteiger partial charge in [0.1, 0.15) is 11.5 Å². The Labute approximate surface area is 146 Å². The van der Waals surface area contributed by atoms with Crippen molar-refractivity contribution < 1.29 is 14.1 Å². The normalized spacial score (nSPS) is 26.1. The highest BCUT2D eigenvalue weighted by Gasteiger charge is 2.43. The lowest BCUT2D eigenvalue weighted by Crippen LogP contribution is -2.34. The van der Waals surface area contributed by atoms with Gasteiger partial charge in [0.05, 0.1) is 18.4 Å². The van der Waals surface area contributed by atoms with Crippen LogP contribution in [-0.4, -0.2) is 52.9 Å². The van der Waals surface area contributed by atoms with Crippen molar-refractivity contribution in [3.63, 3.8) is 0 Å². The summed E-state index contributed by atoms with van der Waals surface area (Å²) in [6.07, 6.45) is 2.13. The maximum Gasteiger partial charge on any atom is 0.267 e. The van der Waals surface area contributed by atoms with Crippen LogP contribution in [0.4, 0.5) is 0 Å². The van der Waals surface area contributed by atoms with Crippen LogP contribution in [0.5, 0.6) is 0 Å². The first kappa shape index (κ1) is 16.4. The molecule has 0 aliphatic carbocycles. The van der Waals surface area contributed by atoms with E-state index in [9.17, 15) is 4.79 Å². The van der Waals surface area contributed by atoms with Crippen LogP contribution >= 0.6 is 0 Å². The molecule has 0 unspecified atom stereocenters. The fraction of sp³-hybridized carbons (Fsp3) is 0.556. The predicted molar refractivity (Wildman–Crippen MR) is 91.0 cm³/mol. The van der Waals surface area contributed by atoms with Gasteiger partial charge >= 0.3 is 0 Å². The molecule has 0 spiro atoms. The summed E-state index contributed by atoms with van der Waals surface area (Å²) < 4.78 is 12.9. The molecule has 2 aromatic rings. The van der Waals surface area contributed by atoms with Crippen molar-refractivity contribution in [2.24, 2.45) is 18.9 Å². The Hall–Kier alpha value is -2.12. The van der Waals surface area contributed by atoms with Gasteiger partial charge in [0, 0.05) is 57.3 Å². The molecule has 2 saturated heterocycles. The lowest BCUT2D eigenvalue weighted by Gasteiger charge is -2.19. The summed E-state index contributed by atoms with van der Waals surface area (Å²) in [6.45, 7) is 5.96. The summed E-state index contributed by atoms with van der Waals surface area (Å²) in [4.78, 5) is 14.6. The van der Waals surface area contributed by atoms with Crippen molar-refractivity contribution in [1.82, 2.24) is 19.9 Å². The van der Waals surface area contributed by atoms with Crippen LogP contribution in [0.25, 0.3) is 0 Å². The molecular weight excluding hydrogens is 320 g/mol. The summed E-state index contributed by atoms with van der Waals surface area (Å²) in [5.74, 6) is 1.63. The van der Waals surface area contributed by atoms with Crippen molar-refractivity contribution in [3.8, 4) is 0 Å². The van der Waals surface area contributed by atoms with E-state index in [-0.39, 0.29) is 12.0 Å². The number of rotatable bonds is 5. The largest absolute Gasteiger partial charge is 0.376 e. The Morgan fingerprint density at radius 2 is 2.32 bits per heavy atom.